The fourth-order valence-corrected chi connectivity index (χ4v) is 0.852. The molecule has 0 radical (unpaired) electrons. The molecule has 1 aromatic rings. The Hall–Kier alpha value is -1.46. The van der Waals surface area contributed by atoms with Gasteiger partial charge in [-0.05, 0) is 13.0 Å². The lowest BCUT2D eigenvalue weighted by atomic mass is 10.2. The smallest absolute Gasteiger partial charge is 0.397 e. The molecule has 0 unspecified atom stereocenters. The van der Waals surface area contributed by atoms with E-state index in [0.29, 0.717) is 0 Å². The quantitative estimate of drug-likeness (QED) is 0.654. The van der Waals surface area contributed by atoms with Crippen LogP contribution in [0, 0.1) is 6.92 Å². The van der Waals surface area contributed by atoms with Gasteiger partial charge in [0.05, 0.1) is 17.1 Å². The molecule has 0 aliphatic rings. The van der Waals surface area contributed by atoms with Crippen LogP contribution in [0.15, 0.2) is 6.07 Å². The highest BCUT2D eigenvalue weighted by Gasteiger charge is 2.33. The number of nitrogens with two attached hydrogens (primary N) is 2. The second kappa shape index (κ2) is 2.79. The van der Waals surface area contributed by atoms with Crippen molar-refractivity contribution in [3.63, 3.8) is 0 Å². The van der Waals surface area contributed by atoms with Crippen LogP contribution in [0.4, 0.5) is 24.5 Å². The molecule has 1 rings (SSSR count). The summed E-state index contributed by atoms with van der Waals surface area (Å²) in [6, 6.07) is 0.725. The van der Waals surface area contributed by atoms with Crippen molar-refractivity contribution in [1.82, 2.24) is 4.98 Å². The van der Waals surface area contributed by atoms with Gasteiger partial charge in [0.15, 0.2) is 0 Å². The molecule has 72 valence electrons. The summed E-state index contributed by atoms with van der Waals surface area (Å²) in [6.45, 7) is 1.38. The van der Waals surface area contributed by atoms with E-state index in [1.54, 1.807) is 0 Å². The largest absolute Gasteiger partial charge is 0.433 e. The van der Waals surface area contributed by atoms with E-state index in [1.807, 2.05) is 0 Å². The summed E-state index contributed by atoms with van der Waals surface area (Å²) >= 11 is 0. The van der Waals surface area contributed by atoms with E-state index in [9.17, 15) is 13.2 Å². The number of hydrogen-bond donors (Lipinski definition) is 2. The van der Waals surface area contributed by atoms with Gasteiger partial charge in [-0.3, -0.25) is 0 Å². The van der Waals surface area contributed by atoms with Crippen LogP contribution in [0.5, 0.6) is 0 Å². The molecule has 4 N–H and O–H groups in total. The number of nitrogen functional groups attached to an aromatic ring is 2. The van der Waals surface area contributed by atoms with Crippen molar-refractivity contribution in [2.24, 2.45) is 0 Å². The van der Waals surface area contributed by atoms with Gasteiger partial charge >= 0.3 is 6.18 Å². The normalized spacial score (nSPS) is 11.7. The van der Waals surface area contributed by atoms with Crippen LogP contribution in [0.25, 0.3) is 0 Å². The Morgan fingerprint density at radius 2 is 1.85 bits per heavy atom. The Balaban J connectivity index is 3.29. The van der Waals surface area contributed by atoms with Crippen molar-refractivity contribution in [3.8, 4) is 0 Å². The maximum Gasteiger partial charge on any atom is 0.433 e. The van der Waals surface area contributed by atoms with E-state index in [0.717, 1.165) is 6.07 Å². The van der Waals surface area contributed by atoms with Crippen molar-refractivity contribution >= 4 is 11.4 Å². The molecular formula is C7H8F3N3. The third-order valence-corrected chi connectivity index (χ3v) is 1.57. The van der Waals surface area contributed by atoms with Gasteiger partial charge in [-0.15, -0.1) is 0 Å². The first-order chi connectivity index (χ1) is 5.82. The number of alkyl halides is 3. The molecule has 0 amide bonds. The van der Waals surface area contributed by atoms with Gasteiger partial charge in [0.2, 0.25) is 0 Å². The van der Waals surface area contributed by atoms with Crippen molar-refractivity contribution < 1.29 is 13.2 Å². The lowest BCUT2D eigenvalue weighted by molar-refractivity contribution is -0.141. The van der Waals surface area contributed by atoms with Gasteiger partial charge in [-0.1, -0.05) is 0 Å². The molecule has 0 saturated carbocycles. The molecule has 3 nitrogen and oxygen atoms in total. The standard InChI is InChI=1S/C7H8F3N3/c1-3-6(12)4(11)2-5(13-3)7(8,9)10/h2H,12H2,1H3,(H2,11,13). The van der Waals surface area contributed by atoms with Crippen molar-refractivity contribution in [3.05, 3.63) is 17.5 Å². The first kappa shape index (κ1) is 9.63. The number of rotatable bonds is 0. The Morgan fingerprint density at radius 1 is 1.31 bits per heavy atom. The zero-order chi connectivity index (χ0) is 10.2. The predicted octanol–water partition coefficient (Wildman–Crippen LogP) is 1.57. The van der Waals surface area contributed by atoms with Gasteiger partial charge < -0.3 is 11.5 Å². The van der Waals surface area contributed by atoms with Crippen LogP contribution in [0.3, 0.4) is 0 Å². The van der Waals surface area contributed by atoms with E-state index >= 15 is 0 Å². The first-order valence-corrected chi connectivity index (χ1v) is 3.42. The zero-order valence-corrected chi connectivity index (χ0v) is 6.81. The van der Waals surface area contributed by atoms with Gasteiger partial charge in [-0.2, -0.15) is 13.2 Å². The lowest BCUT2D eigenvalue weighted by Gasteiger charge is -2.09. The van der Waals surface area contributed by atoms with Gasteiger partial charge in [-0.25, -0.2) is 4.98 Å². The SMILES string of the molecule is Cc1nc(C(F)(F)F)cc(N)c1N. The molecule has 13 heavy (non-hydrogen) atoms. The maximum absolute atomic E-state index is 12.1. The molecule has 0 aliphatic carbocycles. The first-order valence-electron chi connectivity index (χ1n) is 3.42. The third-order valence-electron chi connectivity index (χ3n) is 1.57. The number of aromatic nitrogens is 1. The Bertz CT molecular complexity index is 309. The molecule has 0 fully saturated rings. The van der Waals surface area contributed by atoms with Gasteiger partial charge in [0.25, 0.3) is 0 Å². The van der Waals surface area contributed by atoms with E-state index in [-0.39, 0.29) is 17.1 Å². The van der Waals surface area contributed by atoms with Crippen LogP contribution in [-0.4, -0.2) is 4.98 Å². The second-order valence-corrected chi connectivity index (χ2v) is 2.59. The van der Waals surface area contributed by atoms with Crippen molar-refractivity contribution in [2.45, 2.75) is 13.1 Å². The van der Waals surface area contributed by atoms with Crippen molar-refractivity contribution in [2.75, 3.05) is 11.5 Å². The summed E-state index contributed by atoms with van der Waals surface area (Å²) in [6.07, 6.45) is -4.48. The molecule has 0 aliphatic heterocycles. The van der Waals surface area contributed by atoms with Crippen LogP contribution in [-0.2, 0) is 6.18 Å². The lowest BCUT2D eigenvalue weighted by Crippen LogP contribution is -2.11. The molecular weight excluding hydrogens is 183 g/mol. The molecule has 0 bridgehead atoms. The number of aryl methyl sites for hydroxylation is 1. The Kier molecular flexibility index (Phi) is 2.07. The average molecular weight is 191 g/mol. The minimum Gasteiger partial charge on any atom is -0.397 e. The van der Waals surface area contributed by atoms with E-state index in [2.05, 4.69) is 4.98 Å². The summed E-state index contributed by atoms with van der Waals surface area (Å²) in [5.74, 6) is 0. The van der Waals surface area contributed by atoms with Crippen LogP contribution >= 0.6 is 0 Å². The topological polar surface area (TPSA) is 64.9 Å². The fraction of sp³-hybridized carbons (Fsp3) is 0.286. The predicted molar refractivity (Wildman–Crippen MR) is 42.8 cm³/mol. The number of nitrogens with zero attached hydrogens (tertiary/aromatic N) is 1. The molecule has 0 aromatic carbocycles. The second-order valence-electron chi connectivity index (χ2n) is 2.59. The summed E-state index contributed by atoms with van der Waals surface area (Å²) in [5.41, 5.74) is 9.66. The Morgan fingerprint density at radius 3 is 2.23 bits per heavy atom. The van der Waals surface area contributed by atoms with Gasteiger partial charge in [0, 0.05) is 0 Å². The molecule has 1 heterocycles. The van der Waals surface area contributed by atoms with Crippen LogP contribution in [0.2, 0.25) is 0 Å². The zero-order valence-electron chi connectivity index (χ0n) is 6.81. The van der Waals surface area contributed by atoms with Crippen molar-refractivity contribution in [1.29, 1.82) is 0 Å². The van der Waals surface area contributed by atoms with Gasteiger partial charge in [0.1, 0.15) is 5.69 Å². The minimum atomic E-state index is -4.48. The average Bonchev–Trinajstić information content (AvgIpc) is 1.97. The maximum atomic E-state index is 12.1. The number of hydrogen-bond acceptors (Lipinski definition) is 3. The fourth-order valence-electron chi connectivity index (χ4n) is 0.852. The monoisotopic (exact) mass is 191 g/mol. The molecule has 0 spiro atoms. The molecule has 6 heteroatoms. The number of halogens is 3. The molecule has 0 saturated heterocycles. The van der Waals surface area contributed by atoms with E-state index in [4.69, 9.17) is 11.5 Å². The molecule has 0 atom stereocenters. The highest BCUT2D eigenvalue weighted by atomic mass is 19.4. The highest BCUT2D eigenvalue weighted by molar-refractivity contribution is 5.65. The van der Waals surface area contributed by atoms with E-state index in [1.165, 1.54) is 6.92 Å². The summed E-state index contributed by atoms with van der Waals surface area (Å²) in [7, 11) is 0. The number of anilines is 2. The van der Waals surface area contributed by atoms with Crippen LogP contribution < -0.4 is 11.5 Å². The van der Waals surface area contributed by atoms with Crippen LogP contribution in [0.1, 0.15) is 11.4 Å². The third kappa shape index (κ3) is 1.82. The summed E-state index contributed by atoms with van der Waals surface area (Å²) in [4.78, 5) is 3.27. The molecule has 1 aromatic heterocycles. The minimum absolute atomic E-state index is 0.0901. The highest BCUT2D eigenvalue weighted by Crippen LogP contribution is 2.31. The number of pyridine rings is 1. The summed E-state index contributed by atoms with van der Waals surface area (Å²) in [5, 5.41) is 0. The van der Waals surface area contributed by atoms with E-state index < -0.39 is 11.9 Å². The summed E-state index contributed by atoms with van der Waals surface area (Å²) < 4.78 is 36.4. The Labute approximate surface area is 72.6 Å².